The molecule has 0 atom stereocenters. The van der Waals surface area contributed by atoms with Crippen LogP contribution in [0.4, 0.5) is 5.69 Å². The van der Waals surface area contributed by atoms with Crippen molar-refractivity contribution in [3.8, 4) is 11.4 Å². The lowest BCUT2D eigenvalue weighted by Gasteiger charge is -2.22. The van der Waals surface area contributed by atoms with Gasteiger partial charge in [0.1, 0.15) is 0 Å². The summed E-state index contributed by atoms with van der Waals surface area (Å²) in [5.74, 6) is 0. The van der Waals surface area contributed by atoms with Crippen molar-refractivity contribution in [2.45, 2.75) is 19.3 Å². The van der Waals surface area contributed by atoms with Gasteiger partial charge in [-0.3, -0.25) is 4.99 Å². The topological polar surface area (TPSA) is 22.2 Å². The van der Waals surface area contributed by atoms with Crippen molar-refractivity contribution in [2.75, 3.05) is 0 Å². The van der Waals surface area contributed by atoms with Gasteiger partial charge in [-0.2, -0.15) is 0 Å². The molecule has 0 N–H and O–H groups in total. The lowest BCUT2D eigenvalue weighted by Crippen LogP contribution is -2.26. The third-order valence-corrected chi connectivity index (χ3v) is 9.28. The lowest BCUT2D eigenvalue weighted by atomic mass is 9.79. The highest BCUT2D eigenvalue weighted by molar-refractivity contribution is 6.19. The Labute approximate surface area is 250 Å². The molecule has 0 spiro atoms. The number of para-hydroxylation sites is 4. The quantitative estimate of drug-likeness (QED) is 0.208. The molecule has 43 heavy (non-hydrogen) atoms. The first kappa shape index (κ1) is 24.2. The maximum atomic E-state index is 5.07. The van der Waals surface area contributed by atoms with Crippen LogP contribution >= 0.6 is 0 Å². The highest BCUT2D eigenvalue weighted by Crippen LogP contribution is 2.43. The van der Waals surface area contributed by atoms with Gasteiger partial charge in [0.15, 0.2) is 0 Å². The predicted molar refractivity (Wildman–Crippen MR) is 181 cm³/mol. The number of hydrogen-bond donors (Lipinski definition) is 0. The number of hydrogen-bond acceptors (Lipinski definition) is 1. The van der Waals surface area contributed by atoms with E-state index in [4.69, 9.17) is 4.99 Å². The number of aliphatic imine (C=N–C) groups is 1. The van der Waals surface area contributed by atoms with Crippen molar-refractivity contribution in [1.29, 1.82) is 0 Å². The molecule has 0 radical (unpaired) electrons. The van der Waals surface area contributed by atoms with Crippen molar-refractivity contribution in [2.24, 2.45) is 4.99 Å². The van der Waals surface area contributed by atoms with Crippen LogP contribution in [0.1, 0.15) is 25.0 Å². The summed E-state index contributed by atoms with van der Waals surface area (Å²) < 4.78 is 4.81. The third kappa shape index (κ3) is 3.39. The Balaban J connectivity index is 1.28. The fourth-order valence-electron chi connectivity index (χ4n) is 7.25. The van der Waals surface area contributed by atoms with Crippen molar-refractivity contribution in [3.05, 3.63) is 151 Å². The molecular formula is C40H29N3. The van der Waals surface area contributed by atoms with Gasteiger partial charge in [0.25, 0.3) is 0 Å². The van der Waals surface area contributed by atoms with Crippen molar-refractivity contribution in [3.63, 3.8) is 0 Å². The number of benzene rings is 6. The molecule has 0 unspecified atom stereocenters. The molecule has 0 amide bonds. The van der Waals surface area contributed by atoms with Crippen LogP contribution < -0.4 is 0 Å². The van der Waals surface area contributed by atoms with E-state index in [1.807, 2.05) is 0 Å². The molecule has 0 saturated carbocycles. The zero-order chi connectivity index (χ0) is 28.7. The maximum absolute atomic E-state index is 5.07. The van der Waals surface area contributed by atoms with Gasteiger partial charge in [0.2, 0.25) is 0 Å². The van der Waals surface area contributed by atoms with Crippen LogP contribution in [0.3, 0.4) is 0 Å². The molecule has 0 fully saturated rings. The average molecular weight is 552 g/mol. The van der Waals surface area contributed by atoms with Crippen molar-refractivity contribution in [1.82, 2.24) is 9.13 Å². The number of rotatable bonds is 3. The summed E-state index contributed by atoms with van der Waals surface area (Å²) in [4.78, 5) is 5.07. The molecule has 3 heteroatoms. The SMILES string of the molecule is CC1(C)C(c2ccc(-n3c4ccccc4c4cc5c6ccccc6n(-c6ccccc6)c5cc43)cc2)=Nc2ccccc21. The Morgan fingerprint density at radius 2 is 1.00 bits per heavy atom. The van der Waals surface area contributed by atoms with Gasteiger partial charge < -0.3 is 9.13 Å². The Bertz CT molecular complexity index is 2400. The summed E-state index contributed by atoms with van der Waals surface area (Å²) in [6.07, 6.45) is 0. The van der Waals surface area contributed by atoms with Gasteiger partial charge >= 0.3 is 0 Å². The molecule has 1 aliphatic heterocycles. The van der Waals surface area contributed by atoms with Crippen LogP contribution in [0.25, 0.3) is 55.0 Å². The van der Waals surface area contributed by atoms with Crippen LogP contribution in [-0.2, 0) is 5.41 Å². The monoisotopic (exact) mass is 551 g/mol. The third-order valence-electron chi connectivity index (χ3n) is 9.28. The average Bonchev–Trinajstić information content (AvgIpc) is 3.65. The fourth-order valence-corrected chi connectivity index (χ4v) is 7.25. The molecule has 9 rings (SSSR count). The molecule has 8 aromatic rings. The van der Waals surface area contributed by atoms with Crippen LogP contribution in [0.15, 0.2) is 145 Å². The Hall–Kier alpha value is -5.41. The minimum Gasteiger partial charge on any atom is -0.309 e. The van der Waals surface area contributed by atoms with Gasteiger partial charge in [-0.15, -0.1) is 0 Å². The Kier molecular flexibility index (Phi) is 4.95. The molecule has 204 valence electrons. The highest BCUT2D eigenvalue weighted by Gasteiger charge is 2.35. The molecule has 1 aliphatic rings. The highest BCUT2D eigenvalue weighted by atomic mass is 15.0. The number of aromatic nitrogens is 2. The molecule has 2 aromatic heterocycles. The molecule has 6 aromatic carbocycles. The van der Waals surface area contributed by atoms with Crippen LogP contribution in [0.2, 0.25) is 0 Å². The largest absolute Gasteiger partial charge is 0.309 e. The summed E-state index contributed by atoms with van der Waals surface area (Å²) in [5, 5.41) is 5.06. The molecular weight excluding hydrogens is 522 g/mol. The summed E-state index contributed by atoms with van der Waals surface area (Å²) in [5.41, 5.74) is 11.7. The van der Waals surface area contributed by atoms with E-state index in [0.29, 0.717) is 0 Å². The van der Waals surface area contributed by atoms with Crippen LogP contribution in [0.5, 0.6) is 0 Å². The van der Waals surface area contributed by atoms with E-state index in [0.717, 1.165) is 22.6 Å². The molecule has 0 bridgehead atoms. The first-order valence-electron chi connectivity index (χ1n) is 14.9. The van der Waals surface area contributed by atoms with E-state index in [1.165, 1.54) is 54.9 Å². The van der Waals surface area contributed by atoms with E-state index in [9.17, 15) is 0 Å². The Morgan fingerprint density at radius 3 is 1.63 bits per heavy atom. The minimum absolute atomic E-state index is 0.137. The smallest absolute Gasteiger partial charge is 0.0675 e. The van der Waals surface area contributed by atoms with Gasteiger partial charge in [-0.05, 0) is 65.7 Å². The van der Waals surface area contributed by atoms with Gasteiger partial charge in [0, 0.05) is 38.3 Å². The zero-order valence-corrected chi connectivity index (χ0v) is 24.1. The number of nitrogens with zero attached hydrogens (tertiary/aromatic N) is 3. The fraction of sp³-hybridized carbons (Fsp3) is 0.0750. The molecule has 0 aliphatic carbocycles. The van der Waals surface area contributed by atoms with E-state index >= 15 is 0 Å². The van der Waals surface area contributed by atoms with Gasteiger partial charge in [-0.1, -0.05) is 98.8 Å². The molecule has 3 heterocycles. The van der Waals surface area contributed by atoms with Gasteiger partial charge in [-0.25, -0.2) is 0 Å². The van der Waals surface area contributed by atoms with E-state index in [1.54, 1.807) is 0 Å². The predicted octanol–water partition coefficient (Wildman–Crippen LogP) is 10.3. The zero-order valence-electron chi connectivity index (χ0n) is 24.1. The van der Waals surface area contributed by atoms with Crippen molar-refractivity contribution < 1.29 is 0 Å². The van der Waals surface area contributed by atoms with E-state index in [-0.39, 0.29) is 5.41 Å². The van der Waals surface area contributed by atoms with Gasteiger partial charge in [0.05, 0.1) is 33.5 Å². The van der Waals surface area contributed by atoms with Crippen LogP contribution in [-0.4, -0.2) is 14.8 Å². The molecule has 3 nitrogen and oxygen atoms in total. The second kappa shape index (κ2) is 8.80. The van der Waals surface area contributed by atoms with Crippen LogP contribution in [0, 0.1) is 0 Å². The Morgan fingerprint density at radius 1 is 0.465 bits per heavy atom. The summed E-state index contributed by atoms with van der Waals surface area (Å²) >= 11 is 0. The van der Waals surface area contributed by atoms with E-state index < -0.39 is 0 Å². The summed E-state index contributed by atoms with van der Waals surface area (Å²) in [6.45, 7) is 4.55. The summed E-state index contributed by atoms with van der Waals surface area (Å²) in [7, 11) is 0. The van der Waals surface area contributed by atoms with E-state index in [2.05, 4.69) is 163 Å². The second-order valence-corrected chi connectivity index (χ2v) is 12.1. The normalized spacial score (nSPS) is 14.1. The minimum atomic E-state index is -0.137. The first-order chi connectivity index (χ1) is 21.1. The standard InChI is InChI=1S/C40H29N3/c1-40(2)33-16-8-9-17-34(33)41-39(40)26-20-22-28(23-21-26)43-36-19-11-7-15-30(36)32-24-31-29-14-6-10-18-35(29)42(37(31)25-38(32)43)27-12-4-3-5-13-27/h3-25H,1-2H3. The summed E-state index contributed by atoms with van der Waals surface area (Å²) in [6, 6.07) is 50.4. The van der Waals surface area contributed by atoms with Crippen molar-refractivity contribution >= 4 is 55.0 Å². The second-order valence-electron chi connectivity index (χ2n) is 12.1. The maximum Gasteiger partial charge on any atom is 0.0675 e. The molecule has 0 saturated heterocycles. The lowest BCUT2D eigenvalue weighted by molar-refractivity contribution is 0.737. The number of fused-ring (bicyclic) bond motifs is 7. The first-order valence-corrected chi connectivity index (χ1v) is 14.9.